The first kappa shape index (κ1) is 22.7. The van der Waals surface area contributed by atoms with Crippen molar-refractivity contribution in [2.24, 2.45) is 0 Å². The molecule has 2 heterocycles. The molecule has 0 radical (unpaired) electrons. The number of benzene rings is 2. The smallest absolute Gasteiger partial charge is 0.253 e. The van der Waals surface area contributed by atoms with Gasteiger partial charge in [-0.05, 0) is 64.4 Å². The maximum absolute atomic E-state index is 13.2. The number of ether oxygens (including phenoxy) is 3. The van der Waals surface area contributed by atoms with Crippen LogP contribution in [0.4, 0.5) is 0 Å². The Morgan fingerprint density at radius 2 is 1.78 bits per heavy atom. The van der Waals surface area contributed by atoms with E-state index in [9.17, 15) is 4.79 Å². The zero-order chi connectivity index (χ0) is 22.9. The molecule has 0 unspecified atom stereocenters. The highest BCUT2D eigenvalue weighted by atomic mass is 16.5. The SMILES string of the molecule is Cc1cc(C(=O)N2CCC3(CC2)C[C@@H](OC(C)C)c2ccccc2O3)ccc1OC(C)C. The molecule has 0 bridgehead atoms. The van der Waals surface area contributed by atoms with E-state index in [1.807, 2.05) is 62.1 Å². The highest BCUT2D eigenvalue weighted by Gasteiger charge is 2.44. The first-order valence-electron chi connectivity index (χ1n) is 11.8. The summed E-state index contributed by atoms with van der Waals surface area (Å²) in [6, 6.07) is 13.9. The molecule has 1 spiro atoms. The molecule has 2 aliphatic heterocycles. The molecule has 5 nitrogen and oxygen atoms in total. The minimum absolute atomic E-state index is 0.0263. The molecule has 2 aromatic rings. The fraction of sp³-hybridized carbons (Fsp3) is 0.519. The fourth-order valence-electron chi connectivity index (χ4n) is 4.79. The van der Waals surface area contributed by atoms with Crippen LogP contribution in [0.1, 0.15) is 74.5 Å². The van der Waals surface area contributed by atoms with Crippen LogP contribution in [-0.2, 0) is 4.74 Å². The van der Waals surface area contributed by atoms with Crippen molar-refractivity contribution in [2.45, 2.75) is 77.8 Å². The van der Waals surface area contributed by atoms with Gasteiger partial charge in [-0.1, -0.05) is 18.2 Å². The summed E-state index contributed by atoms with van der Waals surface area (Å²) in [6.45, 7) is 11.5. The van der Waals surface area contributed by atoms with Gasteiger partial charge in [0.25, 0.3) is 5.91 Å². The molecule has 2 aromatic carbocycles. The van der Waals surface area contributed by atoms with Crippen LogP contribution in [-0.4, -0.2) is 41.7 Å². The number of nitrogens with zero attached hydrogens (tertiary/aromatic N) is 1. The lowest BCUT2D eigenvalue weighted by atomic mass is 9.81. The number of fused-ring (bicyclic) bond motifs is 1. The number of amides is 1. The highest BCUT2D eigenvalue weighted by molar-refractivity contribution is 5.94. The highest BCUT2D eigenvalue weighted by Crippen LogP contribution is 2.46. The molecule has 172 valence electrons. The van der Waals surface area contributed by atoms with E-state index in [4.69, 9.17) is 14.2 Å². The minimum atomic E-state index is -0.282. The molecular formula is C27H35NO4. The van der Waals surface area contributed by atoms with Crippen molar-refractivity contribution in [1.82, 2.24) is 4.90 Å². The number of rotatable bonds is 5. The normalized spacial score (nSPS) is 19.7. The van der Waals surface area contributed by atoms with Gasteiger partial charge < -0.3 is 19.1 Å². The lowest BCUT2D eigenvalue weighted by molar-refractivity contribution is -0.0872. The van der Waals surface area contributed by atoms with Crippen LogP contribution in [0.15, 0.2) is 42.5 Å². The van der Waals surface area contributed by atoms with Crippen LogP contribution >= 0.6 is 0 Å². The number of piperidine rings is 1. The summed E-state index contributed by atoms with van der Waals surface area (Å²) in [5, 5.41) is 0. The van der Waals surface area contributed by atoms with Gasteiger partial charge in [0, 0.05) is 43.5 Å². The van der Waals surface area contributed by atoms with Crippen LogP contribution in [0, 0.1) is 6.92 Å². The lowest BCUT2D eigenvalue weighted by Gasteiger charge is -2.47. The number of para-hydroxylation sites is 1. The molecule has 4 rings (SSSR count). The molecule has 0 saturated carbocycles. The monoisotopic (exact) mass is 437 g/mol. The van der Waals surface area contributed by atoms with Crippen LogP contribution in [0.2, 0.25) is 0 Å². The molecule has 1 atom stereocenters. The van der Waals surface area contributed by atoms with Gasteiger partial charge in [-0.3, -0.25) is 4.79 Å². The van der Waals surface area contributed by atoms with E-state index in [0.29, 0.717) is 18.7 Å². The van der Waals surface area contributed by atoms with Gasteiger partial charge in [0.1, 0.15) is 17.1 Å². The number of likely N-dealkylation sites (tertiary alicyclic amines) is 1. The standard InChI is InChI=1S/C27H35NO4/c1-18(2)30-23-11-10-21(16-20(23)5)26(29)28-14-12-27(13-15-28)17-25(31-19(3)4)22-8-6-7-9-24(22)32-27/h6-11,16,18-19,25H,12-15,17H2,1-5H3/t25-/m1/s1. The van der Waals surface area contributed by atoms with E-state index in [-0.39, 0.29) is 29.8 Å². The van der Waals surface area contributed by atoms with Crippen molar-refractivity contribution >= 4 is 5.91 Å². The van der Waals surface area contributed by atoms with Crippen LogP contribution in [0.3, 0.4) is 0 Å². The van der Waals surface area contributed by atoms with Crippen molar-refractivity contribution in [3.8, 4) is 11.5 Å². The minimum Gasteiger partial charge on any atom is -0.491 e. The van der Waals surface area contributed by atoms with E-state index in [1.54, 1.807) is 0 Å². The second-order valence-electron chi connectivity index (χ2n) is 9.64. The molecule has 0 N–H and O–H groups in total. The quantitative estimate of drug-likeness (QED) is 0.601. The Hall–Kier alpha value is -2.53. The maximum atomic E-state index is 13.2. The Labute approximate surface area is 191 Å². The van der Waals surface area contributed by atoms with E-state index in [2.05, 4.69) is 19.9 Å². The lowest BCUT2D eigenvalue weighted by Crippen LogP contribution is -2.52. The Morgan fingerprint density at radius 3 is 2.44 bits per heavy atom. The fourth-order valence-corrected chi connectivity index (χ4v) is 4.79. The summed E-state index contributed by atoms with van der Waals surface area (Å²) in [5.74, 6) is 1.82. The van der Waals surface area contributed by atoms with Crippen molar-refractivity contribution in [1.29, 1.82) is 0 Å². The van der Waals surface area contributed by atoms with E-state index in [0.717, 1.165) is 41.9 Å². The summed E-state index contributed by atoms with van der Waals surface area (Å²) in [7, 11) is 0. The van der Waals surface area contributed by atoms with Gasteiger partial charge in [0.05, 0.1) is 18.3 Å². The van der Waals surface area contributed by atoms with E-state index >= 15 is 0 Å². The summed E-state index contributed by atoms with van der Waals surface area (Å²) in [4.78, 5) is 15.1. The third-order valence-corrected chi connectivity index (χ3v) is 6.33. The zero-order valence-electron chi connectivity index (χ0n) is 19.9. The van der Waals surface area contributed by atoms with Crippen molar-refractivity contribution in [3.05, 3.63) is 59.2 Å². The number of aryl methyl sites for hydroxylation is 1. The molecule has 0 aromatic heterocycles. The summed E-state index contributed by atoms with van der Waals surface area (Å²) < 4.78 is 18.6. The second-order valence-corrected chi connectivity index (χ2v) is 9.64. The molecule has 1 saturated heterocycles. The largest absolute Gasteiger partial charge is 0.491 e. The van der Waals surface area contributed by atoms with Crippen molar-refractivity contribution < 1.29 is 19.0 Å². The first-order chi connectivity index (χ1) is 15.3. The Balaban J connectivity index is 1.45. The molecule has 5 heteroatoms. The second kappa shape index (κ2) is 9.14. The van der Waals surface area contributed by atoms with E-state index in [1.165, 1.54) is 0 Å². The molecule has 2 aliphatic rings. The van der Waals surface area contributed by atoms with Crippen LogP contribution < -0.4 is 9.47 Å². The average molecular weight is 438 g/mol. The maximum Gasteiger partial charge on any atom is 0.253 e. The topological polar surface area (TPSA) is 48.0 Å². The Bertz CT molecular complexity index is 960. The predicted molar refractivity (Wildman–Crippen MR) is 125 cm³/mol. The van der Waals surface area contributed by atoms with Gasteiger partial charge in [-0.25, -0.2) is 0 Å². The van der Waals surface area contributed by atoms with Gasteiger partial charge in [-0.2, -0.15) is 0 Å². The van der Waals surface area contributed by atoms with Gasteiger partial charge >= 0.3 is 0 Å². The summed E-state index contributed by atoms with van der Waals surface area (Å²) >= 11 is 0. The molecule has 1 amide bonds. The predicted octanol–water partition coefficient (Wildman–Crippen LogP) is 5.71. The molecular weight excluding hydrogens is 402 g/mol. The van der Waals surface area contributed by atoms with Crippen molar-refractivity contribution in [3.63, 3.8) is 0 Å². The van der Waals surface area contributed by atoms with Gasteiger partial charge in [0.2, 0.25) is 0 Å². The Kier molecular flexibility index (Phi) is 6.47. The zero-order valence-corrected chi connectivity index (χ0v) is 19.9. The number of carbonyl (C=O) groups excluding carboxylic acids is 1. The number of hydrogen-bond acceptors (Lipinski definition) is 4. The summed E-state index contributed by atoms with van der Waals surface area (Å²) in [6.07, 6.45) is 2.72. The first-order valence-corrected chi connectivity index (χ1v) is 11.8. The van der Waals surface area contributed by atoms with Crippen LogP contribution in [0.5, 0.6) is 11.5 Å². The number of carbonyl (C=O) groups is 1. The molecule has 32 heavy (non-hydrogen) atoms. The van der Waals surface area contributed by atoms with Gasteiger partial charge in [0.15, 0.2) is 0 Å². The van der Waals surface area contributed by atoms with Gasteiger partial charge in [-0.15, -0.1) is 0 Å². The average Bonchev–Trinajstić information content (AvgIpc) is 2.74. The van der Waals surface area contributed by atoms with Crippen molar-refractivity contribution in [2.75, 3.05) is 13.1 Å². The third-order valence-electron chi connectivity index (χ3n) is 6.33. The molecule has 1 fully saturated rings. The van der Waals surface area contributed by atoms with E-state index < -0.39 is 0 Å². The number of hydrogen-bond donors (Lipinski definition) is 0. The Morgan fingerprint density at radius 1 is 1.06 bits per heavy atom. The summed E-state index contributed by atoms with van der Waals surface area (Å²) in [5.41, 5.74) is 2.55. The third kappa shape index (κ3) is 4.78. The van der Waals surface area contributed by atoms with Crippen LogP contribution in [0.25, 0.3) is 0 Å². The molecule has 0 aliphatic carbocycles.